The number of aromatic nitrogens is 4. The molecule has 0 radical (unpaired) electrons. The van der Waals surface area contributed by atoms with Gasteiger partial charge in [0.25, 0.3) is 5.95 Å². The highest BCUT2D eigenvalue weighted by Crippen LogP contribution is 2.48. The molecule has 0 spiro atoms. The van der Waals surface area contributed by atoms with Crippen molar-refractivity contribution >= 4 is 23.5 Å². The molecule has 0 bridgehead atoms. The molecule has 0 aliphatic carbocycles. The molecule has 30 heavy (non-hydrogen) atoms. The van der Waals surface area contributed by atoms with Crippen LogP contribution in [-0.2, 0) is 4.79 Å². The molecule has 0 fully saturated rings. The normalized spacial score (nSPS) is 18.5. The number of amides is 1. The number of carbonyl (C=O) groups excluding carboxylic acids is 1. The smallest absolute Gasteiger partial charge is 0.252 e. The van der Waals surface area contributed by atoms with E-state index in [1.165, 1.54) is 0 Å². The summed E-state index contributed by atoms with van der Waals surface area (Å²) in [5.74, 6) is 1.83. The van der Waals surface area contributed by atoms with Gasteiger partial charge in [-0.1, -0.05) is 18.2 Å². The number of nitrogens with one attached hydrogen (secondary N) is 1. The number of thioether (sulfide) groups is 1. The molecule has 1 N–H and O–H groups in total. The number of nitrogens with zero attached hydrogens (tertiary/aromatic N) is 4. The molecule has 2 atom stereocenters. The Balaban J connectivity index is 1.93. The molecule has 1 aromatic carbocycles. The van der Waals surface area contributed by atoms with Crippen molar-refractivity contribution in [2.24, 2.45) is 0 Å². The van der Waals surface area contributed by atoms with Crippen LogP contribution < -0.4 is 10.1 Å². The summed E-state index contributed by atoms with van der Waals surface area (Å²) in [6.45, 7) is 10.3. The first-order chi connectivity index (χ1) is 14.4. The summed E-state index contributed by atoms with van der Waals surface area (Å²) in [5, 5.41) is 7.43. The maximum Gasteiger partial charge on any atom is 0.252 e. The van der Waals surface area contributed by atoms with Gasteiger partial charge >= 0.3 is 0 Å². The Hall–Kier alpha value is -2.87. The van der Waals surface area contributed by atoms with E-state index in [9.17, 15) is 4.79 Å². The summed E-state index contributed by atoms with van der Waals surface area (Å²) in [6.07, 6.45) is 0. The number of para-hydroxylation sites is 1. The quantitative estimate of drug-likeness (QED) is 0.679. The lowest BCUT2D eigenvalue weighted by Gasteiger charge is -2.20. The molecule has 7 nitrogen and oxygen atoms in total. The zero-order valence-electron chi connectivity index (χ0n) is 17.8. The molecule has 3 aromatic rings. The highest BCUT2D eigenvalue weighted by Gasteiger charge is 2.35. The van der Waals surface area contributed by atoms with Crippen LogP contribution in [0.4, 0.5) is 5.82 Å². The molecule has 156 valence electrons. The summed E-state index contributed by atoms with van der Waals surface area (Å²) in [4.78, 5) is 21.9. The van der Waals surface area contributed by atoms with Crippen LogP contribution in [0.3, 0.4) is 0 Å². The van der Waals surface area contributed by atoms with Gasteiger partial charge in [0.1, 0.15) is 11.6 Å². The maximum atomic E-state index is 12.8. The van der Waals surface area contributed by atoms with Crippen molar-refractivity contribution in [3.63, 3.8) is 0 Å². The van der Waals surface area contributed by atoms with E-state index >= 15 is 0 Å². The fourth-order valence-corrected chi connectivity index (χ4v) is 5.04. The van der Waals surface area contributed by atoms with E-state index in [4.69, 9.17) is 9.84 Å². The van der Waals surface area contributed by atoms with Crippen LogP contribution in [0.5, 0.6) is 5.75 Å². The largest absolute Gasteiger partial charge is 0.494 e. The second-order valence-corrected chi connectivity index (χ2v) is 8.78. The number of rotatable bonds is 4. The molecule has 3 heterocycles. The van der Waals surface area contributed by atoms with Gasteiger partial charge in [-0.15, -0.1) is 11.8 Å². The molecule has 8 heteroatoms. The predicted molar refractivity (Wildman–Crippen MR) is 119 cm³/mol. The van der Waals surface area contributed by atoms with Gasteiger partial charge < -0.3 is 10.1 Å². The molecular weight excluding hydrogens is 398 g/mol. The molecule has 2 aromatic heterocycles. The number of aryl methyl sites for hydroxylation is 3. The minimum Gasteiger partial charge on any atom is -0.494 e. The Morgan fingerprint density at radius 1 is 1.17 bits per heavy atom. The highest BCUT2D eigenvalue weighted by atomic mass is 32.2. The van der Waals surface area contributed by atoms with E-state index < -0.39 is 0 Å². The number of fused-ring (bicyclic) bond motifs is 1. The number of hydrogen-bond acceptors (Lipinski definition) is 6. The summed E-state index contributed by atoms with van der Waals surface area (Å²) in [7, 11) is 0. The standard InChI is InChI=1S/C22H25N5O2S/c1-6-29-17-10-8-7-9-16(17)19-18-14(4)26-27(20(18)25-21(28)15(5)30-19)22-23-12(2)11-13(3)24-22/h7-11,15,19H,6H2,1-5H3,(H,25,28). The first kappa shape index (κ1) is 20.4. The molecule has 1 aliphatic heterocycles. The average Bonchev–Trinajstić information content (AvgIpc) is 2.94. The third-order valence-corrected chi connectivity index (χ3v) is 6.37. The van der Waals surface area contributed by atoms with Gasteiger partial charge in [0.15, 0.2) is 0 Å². The van der Waals surface area contributed by atoms with Crippen LogP contribution in [0.2, 0.25) is 0 Å². The number of benzene rings is 1. The summed E-state index contributed by atoms with van der Waals surface area (Å²) >= 11 is 1.59. The topological polar surface area (TPSA) is 81.9 Å². The van der Waals surface area contributed by atoms with Crippen molar-refractivity contribution < 1.29 is 9.53 Å². The fraction of sp³-hybridized carbons (Fsp3) is 0.364. The molecule has 1 aliphatic rings. The minimum atomic E-state index is -0.245. The van der Waals surface area contributed by atoms with Crippen molar-refractivity contribution in [3.05, 3.63) is 58.5 Å². The van der Waals surface area contributed by atoms with Gasteiger partial charge in [-0.3, -0.25) is 4.79 Å². The van der Waals surface area contributed by atoms with Crippen molar-refractivity contribution in [2.45, 2.75) is 45.1 Å². The lowest BCUT2D eigenvalue weighted by Crippen LogP contribution is -2.23. The Morgan fingerprint density at radius 2 is 1.87 bits per heavy atom. The van der Waals surface area contributed by atoms with Crippen LogP contribution in [0.15, 0.2) is 30.3 Å². The molecular formula is C22H25N5O2S. The zero-order valence-corrected chi connectivity index (χ0v) is 18.6. The molecule has 1 amide bonds. The third-order valence-electron chi connectivity index (χ3n) is 4.98. The van der Waals surface area contributed by atoms with E-state index in [-0.39, 0.29) is 16.4 Å². The monoisotopic (exact) mass is 423 g/mol. The van der Waals surface area contributed by atoms with Crippen LogP contribution in [0, 0.1) is 20.8 Å². The fourth-order valence-electron chi connectivity index (χ4n) is 3.69. The van der Waals surface area contributed by atoms with Gasteiger partial charge in [-0.2, -0.15) is 9.78 Å². The van der Waals surface area contributed by atoms with Crippen molar-refractivity contribution in [3.8, 4) is 11.7 Å². The van der Waals surface area contributed by atoms with Crippen molar-refractivity contribution in [1.29, 1.82) is 0 Å². The van der Waals surface area contributed by atoms with Crippen molar-refractivity contribution in [2.75, 3.05) is 11.9 Å². The van der Waals surface area contributed by atoms with E-state index in [0.29, 0.717) is 18.4 Å². The Labute approximate surface area is 180 Å². The van der Waals surface area contributed by atoms with Crippen molar-refractivity contribution in [1.82, 2.24) is 19.7 Å². The summed E-state index contributed by atoms with van der Waals surface area (Å²) < 4.78 is 7.55. The molecule has 0 saturated carbocycles. The van der Waals surface area contributed by atoms with E-state index in [1.54, 1.807) is 16.4 Å². The molecule has 2 unspecified atom stereocenters. The van der Waals surface area contributed by atoms with Crippen LogP contribution in [0.25, 0.3) is 5.95 Å². The highest BCUT2D eigenvalue weighted by molar-refractivity contribution is 8.01. The van der Waals surface area contributed by atoms with E-state index in [0.717, 1.165) is 34.0 Å². The zero-order chi connectivity index (χ0) is 21.4. The van der Waals surface area contributed by atoms with Crippen LogP contribution >= 0.6 is 11.8 Å². The first-order valence-corrected chi connectivity index (χ1v) is 10.9. The Bertz CT molecular complexity index is 1090. The van der Waals surface area contributed by atoms with Gasteiger partial charge in [-0.25, -0.2) is 9.97 Å². The van der Waals surface area contributed by atoms with E-state index in [1.807, 2.05) is 58.9 Å². The second kappa shape index (κ2) is 8.10. The van der Waals surface area contributed by atoms with Crippen LogP contribution in [-0.4, -0.2) is 37.5 Å². The average molecular weight is 424 g/mol. The second-order valence-electron chi connectivity index (χ2n) is 7.33. The van der Waals surface area contributed by atoms with Gasteiger partial charge in [0, 0.05) is 22.5 Å². The Morgan fingerprint density at radius 3 is 2.57 bits per heavy atom. The van der Waals surface area contributed by atoms with Crippen LogP contribution in [0.1, 0.15) is 47.3 Å². The first-order valence-electron chi connectivity index (χ1n) is 9.99. The summed E-state index contributed by atoms with van der Waals surface area (Å²) in [6, 6.07) is 9.89. The van der Waals surface area contributed by atoms with Gasteiger partial charge in [-0.05, 0) is 46.8 Å². The number of carbonyl (C=O) groups is 1. The van der Waals surface area contributed by atoms with E-state index in [2.05, 4.69) is 21.4 Å². The SMILES string of the molecule is CCOc1ccccc1C1SC(C)C(=O)Nc2c1c(C)nn2-c1nc(C)cc(C)n1. The minimum absolute atomic E-state index is 0.0665. The lowest BCUT2D eigenvalue weighted by molar-refractivity contribution is -0.115. The predicted octanol–water partition coefficient (Wildman–Crippen LogP) is 4.15. The molecule has 4 rings (SSSR count). The molecule has 0 saturated heterocycles. The third kappa shape index (κ3) is 3.67. The lowest BCUT2D eigenvalue weighted by atomic mass is 10.0. The van der Waals surface area contributed by atoms with Gasteiger partial charge in [0.2, 0.25) is 5.91 Å². The number of hydrogen-bond donors (Lipinski definition) is 1. The van der Waals surface area contributed by atoms with Gasteiger partial charge in [0.05, 0.1) is 22.8 Å². The maximum absolute atomic E-state index is 12.8. The summed E-state index contributed by atoms with van der Waals surface area (Å²) in [5.41, 5.74) is 4.50. The number of anilines is 1. The Kier molecular flexibility index (Phi) is 5.51. The number of ether oxygens (including phenoxy) is 1.